The van der Waals surface area contributed by atoms with Crippen LogP contribution in [0, 0.1) is 0 Å². The molecule has 1 aliphatic rings. The molecule has 0 spiro atoms. The predicted octanol–water partition coefficient (Wildman–Crippen LogP) is 1.86. The Morgan fingerprint density at radius 2 is 1.57 bits per heavy atom. The van der Waals surface area contributed by atoms with Crippen molar-refractivity contribution in [2.75, 3.05) is 26.2 Å². The van der Waals surface area contributed by atoms with Gasteiger partial charge in [-0.3, -0.25) is 9.59 Å². The fourth-order valence-corrected chi connectivity index (χ4v) is 2.67. The molecule has 1 N–H and O–H groups in total. The van der Waals surface area contributed by atoms with Crippen LogP contribution in [0.2, 0.25) is 0 Å². The van der Waals surface area contributed by atoms with Crippen molar-refractivity contribution < 1.29 is 19.5 Å². The van der Waals surface area contributed by atoms with Crippen molar-refractivity contribution in [3.8, 4) is 0 Å². The fraction of sp³-hybridized carbons (Fsp3) is 0.471. The van der Waals surface area contributed by atoms with Crippen molar-refractivity contribution in [3.63, 3.8) is 0 Å². The number of rotatable bonds is 5. The van der Waals surface area contributed by atoms with Crippen molar-refractivity contribution in [3.05, 3.63) is 35.4 Å². The molecule has 2 rings (SSSR count). The van der Waals surface area contributed by atoms with Crippen LogP contribution in [0.4, 0.5) is 0 Å². The summed E-state index contributed by atoms with van der Waals surface area (Å²) in [5.41, 5.74) is 0.213. The van der Waals surface area contributed by atoms with E-state index in [0.717, 1.165) is 12.8 Å². The molecule has 23 heavy (non-hydrogen) atoms. The van der Waals surface area contributed by atoms with Gasteiger partial charge in [-0.25, -0.2) is 4.79 Å². The fourth-order valence-electron chi connectivity index (χ4n) is 2.67. The second-order valence-corrected chi connectivity index (χ2v) is 5.63. The molecule has 0 saturated carbocycles. The number of hydrogen-bond acceptors (Lipinski definition) is 3. The summed E-state index contributed by atoms with van der Waals surface area (Å²) in [4.78, 5) is 39.1. The minimum Gasteiger partial charge on any atom is -0.478 e. The zero-order valence-corrected chi connectivity index (χ0v) is 13.3. The van der Waals surface area contributed by atoms with E-state index in [1.807, 2.05) is 6.92 Å². The molecular weight excluding hydrogens is 296 g/mol. The highest BCUT2D eigenvalue weighted by Gasteiger charge is 2.26. The van der Waals surface area contributed by atoms with Crippen LogP contribution in [0.25, 0.3) is 0 Å². The number of amides is 2. The highest BCUT2D eigenvalue weighted by atomic mass is 16.4. The van der Waals surface area contributed by atoms with Crippen LogP contribution in [0.1, 0.15) is 46.9 Å². The summed E-state index contributed by atoms with van der Waals surface area (Å²) in [6.07, 6.45) is 2.41. The zero-order valence-electron chi connectivity index (χ0n) is 13.3. The standard InChI is InChI=1S/C17H22N2O4/c1-2-3-8-15(20)18-9-11-19(12-10-18)16(21)13-6-4-5-7-14(13)17(22)23/h4-7H,2-3,8-12H2,1H3,(H,22,23). The Balaban J connectivity index is 1.99. The van der Waals surface area contributed by atoms with E-state index in [0.29, 0.717) is 32.6 Å². The topological polar surface area (TPSA) is 77.9 Å². The molecule has 1 aromatic rings. The van der Waals surface area contributed by atoms with E-state index in [9.17, 15) is 19.5 Å². The van der Waals surface area contributed by atoms with Gasteiger partial charge in [0.05, 0.1) is 11.1 Å². The number of benzene rings is 1. The van der Waals surface area contributed by atoms with E-state index < -0.39 is 5.97 Å². The van der Waals surface area contributed by atoms with Crippen LogP contribution in [0.5, 0.6) is 0 Å². The molecule has 0 unspecified atom stereocenters. The number of unbranched alkanes of at least 4 members (excludes halogenated alkanes) is 1. The van der Waals surface area contributed by atoms with Gasteiger partial charge in [0.2, 0.25) is 5.91 Å². The third-order valence-electron chi connectivity index (χ3n) is 4.05. The van der Waals surface area contributed by atoms with Crippen molar-refractivity contribution >= 4 is 17.8 Å². The molecule has 2 amide bonds. The lowest BCUT2D eigenvalue weighted by molar-refractivity contribution is -0.132. The number of carboxylic acid groups (broad SMARTS) is 1. The smallest absolute Gasteiger partial charge is 0.336 e. The average Bonchev–Trinajstić information content (AvgIpc) is 2.59. The van der Waals surface area contributed by atoms with Crippen LogP contribution in [-0.4, -0.2) is 58.9 Å². The van der Waals surface area contributed by atoms with Gasteiger partial charge in [-0.1, -0.05) is 25.5 Å². The number of carboxylic acids is 1. The lowest BCUT2D eigenvalue weighted by atomic mass is 10.1. The van der Waals surface area contributed by atoms with Gasteiger partial charge in [-0.2, -0.15) is 0 Å². The van der Waals surface area contributed by atoms with E-state index in [1.54, 1.807) is 21.9 Å². The van der Waals surface area contributed by atoms with Crippen LogP contribution in [-0.2, 0) is 4.79 Å². The average molecular weight is 318 g/mol. The first-order valence-electron chi connectivity index (χ1n) is 7.94. The van der Waals surface area contributed by atoms with Crippen molar-refractivity contribution in [2.45, 2.75) is 26.2 Å². The van der Waals surface area contributed by atoms with Gasteiger partial charge in [-0.15, -0.1) is 0 Å². The quantitative estimate of drug-likeness (QED) is 0.899. The highest BCUT2D eigenvalue weighted by Crippen LogP contribution is 2.14. The SMILES string of the molecule is CCCCC(=O)N1CCN(C(=O)c2ccccc2C(=O)O)CC1. The molecule has 0 aliphatic carbocycles. The molecular formula is C17H22N2O4. The van der Waals surface area contributed by atoms with E-state index in [4.69, 9.17) is 0 Å². The van der Waals surface area contributed by atoms with Gasteiger partial charge in [0.25, 0.3) is 5.91 Å². The Labute approximate surface area is 135 Å². The first kappa shape index (κ1) is 17.0. The summed E-state index contributed by atoms with van der Waals surface area (Å²) in [5, 5.41) is 9.19. The van der Waals surface area contributed by atoms with E-state index in [2.05, 4.69) is 0 Å². The second-order valence-electron chi connectivity index (χ2n) is 5.63. The molecule has 6 nitrogen and oxygen atoms in total. The summed E-state index contributed by atoms with van der Waals surface area (Å²) < 4.78 is 0. The number of carbonyl (C=O) groups excluding carboxylic acids is 2. The molecule has 1 fully saturated rings. The maximum atomic E-state index is 12.5. The minimum absolute atomic E-state index is 0.0129. The van der Waals surface area contributed by atoms with Gasteiger partial charge in [0, 0.05) is 32.6 Å². The molecule has 0 aromatic heterocycles. The molecule has 1 heterocycles. The van der Waals surface area contributed by atoms with Gasteiger partial charge in [-0.05, 0) is 18.6 Å². The molecule has 1 saturated heterocycles. The Kier molecular flexibility index (Phi) is 5.73. The number of piperazine rings is 1. The lowest BCUT2D eigenvalue weighted by Crippen LogP contribution is -2.50. The van der Waals surface area contributed by atoms with Crippen molar-refractivity contribution in [2.24, 2.45) is 0 Å². The Morgan fingerprint density at radius 1 is 1.00 bits per heavy atom. The van der Waals surface area contributed by atoms with Gasteiger partial charge in [0.15, 0.2) is 0 Å². The van der Waals surface area contributed by atoms with Crippen molar-refractivity contribution in [1.29, 1.82) is 0 Å². The van der Waals surface area contributed by atoms with Gasteiger partial charge >= 0.3 is 5.97 Å². The Hall–Kier alpha value is -2.37. The Morgan fingerprint density at radius 3 is 2.13 bits per heavy atom. The minimum atomic E-state index is -1.11. The van der Waals surface area contributed by atoms with E-state index >= 15 is 0 Å². The zero-order chi connectivity index (χ0) is 16.8. The summed E-state index contributed by atoms with van der Waals surface area (Å²) in [5.74, 6) is -1.27. The van der Waals surface area contributed by atoms with Gasteiger partial charge in [0.1, 0.15) is 0 Å². The molecule has 1 aliphatic heterocycles. The third kappa shape index (κ3) is 4.09. The molecule has 6 heteroatoms. The second kappa shape index (κ2) is 7.76. The van der Waals surface area contributed by atoms with E-state index in [1.165, 1.54) is 12.1 Å². The maximum absolute atomic E-state index is 12.5. The number of aromatic carboxylic acids is 1. The summed E-state index contributed by atoms with van der Waals surface area (Å²) in [7, 11) is 0. The summed E-state index contributed by atoms with van der Waals surface area (Å²) in [6, 6.07) is 6.22. The molecule has 0 atom stereocenters. The number of carbonyl (C=O) groups is 3. The predicted molar refractivity (Wildman–Crippen MR) is 85.4 cm³/mol. The maximum Gasteiger partial charge on any atom is 0.336 e. The number of hydrogen-bond donors (Lipinski definition) is 1. The van der Waals surface area contributed by atoms with Crippen molar-refractivity contribution in [1.82, 2.24) is 9.80 Å². The monoisotopic (exact) mass is 318 g/mol. The van der Waals surface area contributed by atoms with Crippen LogP contribution in [0.3, 0.4) is 0 Å². The first-order chi connectivity index (χ1) is 11.0. The van der Waals surface area contributed by atoms with Crippen LogP contribution < -0.4 is 0 Å². The number of nitrogens with zero attached hydrogens (tertiary/aromatic N) is 2. The summed E-state index contributed by atoms with van der Waals surface area (Å²) >= 11 is 0. The van der Waals surface area contributed by atoms with Crippen LogP contribution in [0.15, 0.2) is 24.3 Å². The molecule has 1 aromatic carbocycles. The largest absolute Gasteiger partial charge is 0.478 e. The highest BCUT2D eigenvalue weighted by molar-refractivity contribution is 6.04. The molecule has 124 valence electrons. The van der Waals surface area contributed by atoms with E-state index in [-0.39, 0.29) is 22.9 Å². The summed E-state index contributed by atoms with van der Waals surface area (Å²) in [6.45, 7) is 3.92. The van der Waals surface area contributed by atoms with Crippen LogP contribution >= 0.6 is 0 Å². The molecule has 0 radical (unpaired) electrons. The first-order valence-corrected chi connectivity index (χ1v) is 7.94. The lowest BCUT2D eigenvalue weighted by Gasteiger charge is -2.35. The van der Waals surface area contributed by atoms with Gasteiger partial charge < -0.3 is 14.9 Å². The third-order valence-corrected chi connectivity index (χ3v) is 4.05. The molecule has 0 bridgehead atoms. The Bertz CT molecular complexity index is 592. The normalized spacial score (nSPS) is 14.7.